The second-order valence-corrected chi connectivity index (χ2v) is 8.21. The monoisotopic (exact) mass is 383 g/mol. The smallest absolute Gasteiger partial charge is 0.404 e. The van der Waals surface area contributed by atoms with Crippen molar-refractivity contribution in [2.75, 3.05) is 42.6 Å². The van der Waals surface area contributed by atoms with Gasteiger partial charge in [-0.05, 0) is 23.4 Å². The molecule has 3 rings (SSSR count). The second-order valence-electron chi connectivity index (χ2n) is 7.87. The van der Waals surface area contributed by atoms with Gasteiger partial charge in [0, 0.05) is 25.7 Å². The quantitative estimate of drug-likeness (QED) is 0.770. The molecule has 26 heavy (non-hydrogen) atoms. The van der Waals surface area contributed by atoms with Gasteiger partial charge in [-0.15, -0.1) is 0 Å². The molecule has 2 aliphatic rings. The van der Waals surface area contributed by atoms with Crippen molar-refractivity contribution < 1.29 is 14.6 Å². The Morgan fingerprint density at radius 1 is 1.54 bits per heavy atom. The van der Waals surface area contributed by atoms with Gasteiger partial charge in [-0.25, -0.2) is 9.78 Å². The number of carboxylic acid groups (broad SMARTS) is 1. The zero-order valence-electron chi connectivity index (χ0n) is 15.4. The number of nitrogens with zero attached hydrogens (tertiary/aromatic N) is 4. The zero-order chi connectivity index (χ0) is 18.9. The Balaban J connectivity index is 1.80. The van der Waals surface area contributed by atoms with Crippen molar-refractivity contribution in [3.63, 3.8) is 0 Å². The van der Waals surface area contributed by atoms with E-state index in [1.165, 1.54) is 0 Å². The number of rotatable bonds is 4. The number of ether oxygens (including phenoxy) is 1. The normalized spacial score (nSPS) is 21.0. The van der Waals surface area contributed by atoms with Gasteiger partial charge in [-0.2, -0.15) is 4.98 Å². The molecule has 0 bridgehead atoms. The molecule has 0 spiro atoms. The third-order valence-corrected chi connectivity index (χ3v) is 5.20. The predicted octanol–water partition coefficient (Wildman–Crippen LogP) is 2.23. The summed E-state index contributed by atoms with van der Waals surface area (Å²) in [5, 5.41) is 12.0. The van der Waals surface area contributed by atoms with Crippen molar-refractivity contribution in [3.8, 4) is 0 Å². The van der Waals surface area contributed by atoms with E-state index >= 15 is 0 Å². The van der Waals surface area contributed by atoms with Gasteiger partial charge in [-0.1, -0.05) is 20.8 Å². The van der Waals surface area contributed by atoms with Gasteiger partial charge in [0.25, 0.3) is 0 Å². The number of fused-ring (bicyclic) bond motifs is 3. The fraction of sp³-hybridized carbons (Fsp3) is 0.706. The van der Waals surface area contributed by atoms with Crippen molar-refractivity contribution in [1.29, 1.82) is 0 Å². The zero-order valence-corrected chi connectivity index (χ0v) is 16.2. The van der Waals surface area contributed by atoms with Crippen molar-refractivity contribution >= 4 is 29.2 Å². The molecule has 2 unspecified atom stereocenters. The fourth-order valence-corrected chi connectivity index (χ4v) is 3.71. The van der Waals surface area contributed by atoms with Gasteiger partial charge in [0.05, 0.1) is 31.1 Å². The summed E-state index contributed by atoms with van der Waals surface area (Å²) in [6, 6.07) is 0.0556. The highest BCUT2D eigenvalue weighted by atomic mass is 35.5. The van der Waals surface area contributed by atoms with Crippen LogP contribution < -0.4 is 15.1 Å². The van der Waals surface area contributed by atoms with E-state index in [4.69, 9.17) is 21.4 Å². The van der Waals surface area contributed by atoms with E-state index in [-0.39, 0.29) is 22.8 Å². The summed E-state index contributed by atoms with van der Waals surface area (Å²) in [6.07, 6.45) is 1.45. The topological polar surface area (TPSA) is 90.8 Å². The number of halogens is 1. The Labute approximate surface area is 158 Å². The third kappa shape index (κ3) is 4.12. The number of nitrogens with one attached hydrogen (secondary N) is 1. The van der Waals surface area contributed by atoms with Gasteiger partial charge in [0.15, 0.2) is 5.82 Å². The third-order valence-electron chi connectivity index (χ3n) is 5.02. The number of morpholine rings is 1. The summed E-state index contributed by atoms with van der Waals surface area (Å²) in [4.78, 5) is 24.2. The van der Waals surface area contributed by atoms with Crippen molar-refractivity contribution in [2.24, 2.45) is 5.41 Å². The molecule has 2 atom stereocenters. The minimum Gasteiger partial charge on any atom is -0.465 e. The van der Waals surface area contributed by atoms with Gasteiger partial charge < -0.3 is 25.0 Å². The van der Waals surface area contributed by atoms with Crippen LogP contribution in [0.15, 0.2) is 6.20 Å². The molecule has 1 amide bonds. The van der Waals surface area contributed by atoms with Crippen LogP contribution >= 0.6 is 11.6 Å². The minimum atomic E-state index is -0.994. The largest absolute Gasteiger partial charge is 0.465 e. The first kappa shape index (κ1) is 19.0. The van der Waals surface area contributed by atoms with E-state index in [2.05, 4.69) is 25.1 Å². The number of hydrogen-bond acceptors (Lipinski definition) is 6. The first-order valence-corrected chi connectivity index (χ1v) is 9.25. The lowest BCUT2D eigenvalue weighted by Crippen LogP contribution is -2.56. The molecule has 0 aromatic carbocycles. The van der Waals surface area contributed by atoms with Crippen molar-refractivity contribution in [2.45, 2.75) is 39.3 Å². The summed E-state index contributed by atoms with van der Waals surface area (Å²) in [6.45, 7) is 9.71. The molecule has 2 aliphatic heterocycles. The summed E-state index contributed by atoms with van der Waals surface area (Å²) in [7, 11) is 0. The molecular weight excluding hydrogens is 358 g/mol. The highest BCUT2D eigenvalue weighted by Crippen LogP contribution is 2.35. The Morgan fingerprint density at radius 2 is 2.31 bits per heavy atom. The molecule has 8 nitrogen and oxygen atoms in total. The maximum atomic E-state index is 11.1. The highest BCUT2D eigenvalue weighted by Gasteiger charge is 2.35. The Kier molecular flexibility index (Phi) is 5.43. The van der Waals surface area contributed by atoms with Crippen LogP contribution in [0.25, 0.3) is 0 Å². The summed E-state index contributed by atoms with van der Waals surface area (Å²) in [5.74, 6) is 0.836. The van der Waals surface area contributed by atoms with Crippen LogP contribution in [0, 0.1) is 5.41 Å². The molecular formula is C17H26ClN5O3. The average molecular weight is 384 g/mol. The van der Waals surface area contributed by atoms with Gasteiger partial charge >= 0.3 is 6.09 Å². The molecule has 0 radical (unpaired) electrons. The van der Waals surface area contributed by atoms with Crippen LogP contribution in [0.1, 0.15) is 27.2 Å². The SMILES string of the molecule is CC(C)(C)C(CCN1CC2COCCN2c2nc(Cl)ncc21)NC(=O)O. The lowest BCUT2D eigenvalue weighted by molar-refractivity contribution is 0.0935. The van der Waals surface area contributed by atoms with Crippen molar-refractivity contribution in [1.82, 2.24) is 15.3 Å². The first-order valence-electron chi connectivity index (χ1n) is 8.87. The van der Waals surface area contributed by atoms with Crippen LogP contribution in [0.3, 0.4) is 0 Å². The molecule has 144 valence electrons. The van der Waals surface area contributed by atoms with Crippen LogP contribution in [0.2, 0.25) is 5.28 Å². The van der Waals surface area contributed by atoms with E-state index in [9.17, 15) is 4.79 Å². The predicted molar refractivity (Wildman–Crippen MR) is 100 cm³/mol. The molecule has 1 fully saturated rings. The lowest BCUT2D eigenvalue weighted by Gasteiger charge is -2.46. The standard InChI is InChI=1S/C17H26ClN5O3/c1-17(2,3)13(20-16(24)25)4-5-22-9-11-10-26-7-6-23(11)14-12(22)8-19-15(18)21-14/h8,11,13,20H,4-7,9-10H2,1-3H3,(H,24,25). The first-order chi connectivity index (χ1) is 12.3. The molecule has 2 N–H and O–H groups in total. The van der Waals surface area contributed by atoms with Crippen LogP contribution in [0.5, 0.6) is 0 Å². The molecule has 1 saturated heterocycles. The fourth-order valence-electron chi connectivity index (χ4n) is 3.59. The molecule has 1 aromatic heterocycles. The summed E-state index contributed by atoms with van der Waals surface area (Å²) >= 11 is 6.03. The van der Waals surface area contributed by atoms with Gasteiger partial charge in [0.2, 0.25) is 5.28 Å². The Bertz CT molecular complexity index is 666. The number of hydrogen-bond donors (Lipinski definition) is 2. The van der Waals surface area contributed by atoms with E-state index in [0.29, 0.717) is 26.2 Å². The maximum Gasteiger partial charge on any atom is 0.404 e. The van der Waals surface area contributed by atoms with E-state index in [0.717, 1.165) is 24.6 Å². The lowest BCUT2D eigenvalue weighted by atomic mass is 9.84. The summed E-state index contributed by atoms with van der Waals surface area (Å²) in [5.41, 5.74) is 0.767. The maximum absolute atomic E-state index is 11.1. The van der Waals surface area contributed by atoms with Crippen LogP contribution in [0.4, 0.5) is 16.3 Å². The molecule has 0 aliphatic carbocycles. The Hall–Kier alpha value is -1.80. The molecule has 3 heterocycles. The van der Waals surface area contributed by atoms with Gasteiger partial charge in [0.1, 0.15) is 0 Å². The number of carbonyl (C=O) groups is 1. The van der Waals surface area contributed by atoms with Crippen LogP contribution in [-0.2, 0) is 4.74 Å². The molecule has 9 heteroatoms. The molecule has 1 aromatic rings. The average Bonchev–Trinajstić information content (AvgIpc) is 2.57. The van der Waals surface area contributed by atoms with Gasteiger partial charge in [-0.3, -0.25) is 0 Å². The van der Waals surface area contributed by atoms with E-state index in [1.54, 1.807) is 6.20 Å². The highest BCUT2D eigenvalue weighted by molar-refractivity contribution is 6.28. The number of anilines is 2. The van der Waals surface area contributed by atoms with Crippen LogP contribution in [-0.4, -0.2) is 66.1 Å². The molecule has 0 saturated carbocycles. The number of aromatic nitrogens is 2. The van der Waals surface area contributed by atoms with Crippen molar-refractivity contribution in [3.05, 3.63) is 11.5 Å². The second kappa shape index (κ2) is 7.44. The Morgan fingerprint density at radius 3 is 3.00 bits per heavy atom. The van der Waals surface area contributed by atoms with E-state index in [1.807, 2.05) is 20.8 Å². The number of amides is 1. The van der Waals surface area contributed by atoms with E-state index < -0.39 is 6.09 Å². The summed E-state index contributed by atoms with van der Waals surface area (Å²) < 4.78 is 5.63. The minimum absolute atomic E-state index is 0.155.